The van der Waals surface area contributed by atoms with Crippen molar-refractivity contribution in [1.29, 1.82) is 0 Å². The van der Waals surface area contributed by atoms with Crippen LogP contribution in [0.15, 0.2) is 42.6 Å². The molecule has 0 saturated heterocycles. The molecule has 1 aromatic heterocycles. The van der Waals surface area contributed by atoms with E-state index in [2.05, 4.69) is 22.5 Å². The van der Waals surface area contributed by atoms with Crippen molar-refractivity contribution in [3.63, 3.8) is 0 Å². The normalized spacial score (nSPS) is 10.3. The van der Waals surface area contributed by atoms with E-state index < -0.39 is 0 Å². The summed E-state index contributed by atoms with van der Waals surface area (Å²) in [5.41, 5.74) is 1.62. The molecule has 4 nitrogen and oxygen atoms in total. The fourth-order valence-corrected chi connectivity index (χ4v) is 2.08. The number of pyridine rings is 1. The summed E-state index contributed by atoms with van der Waals surface area (Å²) in [7, 11) is 0. The number of unbranched alkanes of at least 4 members (excludes halogenated alkanes) is 1. The van der Waals surface area contributed by atoms with Crippen LogP contribution in [0.3, 0.4) is 0 Å². The van der Waals surface area contributed by atoms with Crippen molar-refractivity contribution in [2.45, 2.75) is 26.2 Å². The molecular formula is C17H20ClN3O. The van der Waals surface area contributed by atoms with Crippen LogP contribution in [0.5, 0.6) is 0 Å². The number of rotatable bonds is 7. The second-order valence-electron chi connectivity index (χ2n) is 5.06. The third-order valence-electron chi connectivity index (χ3n) is 3.16. The van der Waals surface area contributed by atoms with Crippen molar-refractivity contribution < 1.29 is 4.79 Å². The number of halogens is 1. The quantitative estimate of drug-likeness (QED) is 0.755. The zero-order chi connectivity index (χ0) is 15.8. The van der Waals surface area contributed by atoms with Gasteiger partial charge in [-0.3, -0.25) is 4.79 Å². The monoisotopic (exact) mass is 317 g/mol. The molecule has 0 unspecified atom stereocenters. The minimum Gasteiger partial charge on any atom is -0.370 e. The van der Waals surface area contributed by atoms with Gasteiger partial charge in [0.25, 0.3) is 0 Å². The molecule has 0 saturated carbocycles. The summed E-state index contributed by atoms with van der Waals surface area (Å²) >= 11 is 5.82. The Balaban J connectivity index is 1.84. The molecule has 1 aromatic carbocycles. The lowest BCUT2D eigenvalue weighted by atomic mass is 10.1. The van der Waals surface area contributed by atoms with Gasteiger partial charge in [-0.05, 0) is 36.2 Å². The predicted octanol–water partition coefficient (Wildman–Crippen LogP) is 4.13. The number of aromatic nitrogens is 1. The lowest BCUT2D eigenvalue weighted by molar-refractivity contribution is -0.115. The number of amides is 1. The van der Waals surface area contributed by atoms with Crippen molar-refractivity contribution >= 4 is 29.0 Å². The minimum absolute atomic E-state index is 0.0733. The van der Waals surface area contributed by atoms with Crippen molar-refractivity contribution in [2.24, 2.45) is 0 Å². The van der Waals surface area contributed by atoms with Crippen LogP contribution in [0.1, 0.15) is 25.3 Å². The zero-order valence-electron chi connectivity index (χ0n) is 12.6. The van der Waals surface area contributed by atoms with Gasteiger partial charge in [0.2, 0.25) is 5.91 Å². The Kier molecular flexibility index (Phi) is 6.22. The molecule has 0 aliphatic heterocycles. The highest BCUT2D eigenvalue weighted by Gasteiger charge is 2.04. The molecular weight excluding hydrogens is 298 g/mol. The van der Waals surface area contributed by atoms with Gasteiger partial charge in [0.1, 0.15) is 5.82 Å². The van der Waals surface area contributed by atoms with E-state index in [0.717, 1.165) is 30.8 Å². The molecule has 1 heterocycles. The van der Waals surface area contributed by atoms with E-state index >= 15 is 0 Å². The van der Waals surface area contributed by atoms with Crippen LogP contribution in [0, 0.1) is 0 Å². The molecule has 22 heavy (non-hydrogen) atoms. The summed E-state index contributed by atoms with van der Waals surface area (Å²) in [5.74, 6) is 0.750. The third-order valence-corrected chi connectivity index (χ3v) is 3.41. The number of hydrogen-bond acceptors (Lipinski definition) is 3. The minimum atomic E-state index is -0.0733. The molecule has 0 bridgehead atoms. The van der Waals surface area contributed by atoms with Gasteiger partial charge in [0.15, 0.2) is 0 Å². The first-order chi connectivity index (χ1) is 10.7. The smallest absolute Gasteiger partial charge is 0.228 e. The average molecular weight is 318 g/mol. The van der Waals surface area contributed by atoms with Gasteiger partial charge in [-0.15, -0.1) is 0 Å². The van der Waals surface area contributed by atoms with E-state index in [4.69, 9.17) is 11.6 Å². The zero-order valence-corrected chi connectivity index (χ0v) is 13.4. The van der Waals surface area contributed by atoms with Crippen molar-refractivity contribution in [3.05, 3.63) is 53.2 Å². The van der Waals surface area contributed by atoms with Crippen LogP contribution in [0.2, 0.25) is 5.02 Å². The van der Waals surface area contributed by atoms with Crippen LogP contribution in [-0.4, -0.2) is 17.4 Å². The molecule has 5 heteroatoms. The van der Waals surface area contributed by atoms with Crippen molar-refractivity contribution in [3.8, 4) is 0 Å². The van der Waals surface area contributed by atoms with E-state index in [1.807, 2.05) is 24.3 Å². The van der Waals surface area contributed by atoms with E-state index in [1.165, 1.54) is 0 Å². The first kappa shape index (κ1) is 16.3. The highest BCUT2D eigenvalue weighted by molar-refractivity contribution is 6.30. The van der Waals surface area contributed by atoms with E-state index in [0.29, 0.717) is 17.1 Å². The summed E-state index contributed by atoms with van der Waals surface area (Å²) in [4.78, 5) is 16.3. The van der Waals surface area contributed by atoms with Crippen molar-refractivity contribution in [2.75, 3.05) is 17.2 Å². The Morgan fingerprint density at radius 3 is 2.59 bits per heavy atom. The lowest BCUT2D eigenvalue weighted by Gasteiger charge is -2.07. The van der Waals surface area contributed by atoms with E-state index in [9.17, 15) is 4.79 Å². The Morgan fingerprint density at radius 1 is 1.18 bits per heavy atom. The first-order valence-corrected chi connectivity index (χ1v) is 7.79. The Bertz CT molecular complexity index is 596. The standard InChI is InChI=1S/C17H20ClN3O/c1-2-3-10-19-16-9-8-15(12-20-16)21-17(22)11-13-4-6-14(18)7-5-13/h4-9,12H,2-3,10-11H2,1H3,(H,19,20)(H,21,22). The van der Waals surface area contributed by atoms with Gasteiger partial charge in [-0.1, -0.05) is 37.1 Å². The molecule has 2 aromatic rings. The molecule has 0 aliphatic carbocycles. The van der Waals surface area contributed by atoms with Gasteiger partial charge in [0, 0.05) is 11.6 Å². The fourth-order valence-electron chi connectivity index (χ4n) is 1.96. The summed E-state index contributed by atoms with van der Waals surface area (Å²) in [6, 6.07) is 11.0. The number of nitrogens with one attached hydrogen (secondary N) is 2. The molecule has 116 valence electrons. The number of anilines is 2. The second-order valence-corrected chi connectivity index (χ2v) is 5.50. The highest BCUT2D eigenvalue weighted by atomic mass is 35.5. The van der Waals surface area contributed by atoms with Crippen molar-refractivity contribution in [1.82, 2.24) is 4.98 Å². The van der Waals surface area contributed by atoms with Crippen LogP contribution < -0.4 is 10.6 Å². The summed E-state index contributed by atoms with van der Waals surface area (Å²) < 4.78 is 0. The molecule has 0 radical (unpaired) electrons. The molecule has 0 fully saturated rings. The third kappa shape index (κ3) is 5.37. The topological polar surface area (TPSA) is 54.0 Å². The number of carbonyl (C=O) groups is 1. The maximum absolute atomic E-state index is 12.0. The van der Waals surface area contributed by atoms with Gasteiger partial charge in [-0.2, -0.15) is 0 Å². The molecule has 0 aliphatic rings. The van der Waals surface area contributed by atoms with Gasteiger partial charge in [0.05, 0.1) is 18.3 Å². The van der Waals surface area contributed by atoms with Crippen LogP contribution in [0.25, 0.3) is 0 Å². The molecule has 1 amide bonds. The van der Waals surface area contributed by atoms with E-state index in [-0.39, 0.29) is 5.91 Å². The Labute approximate surface area is 135 Å². The maximum atomic E-state index is 12.0. The summed E-state index contributed by atoms with van der Waals surface area (Å²) in [6.07, 6.45) is 4.23. The molecule has 0 atom stereocenters. The molecule has 2 rings (SSSR count). The Morgan fingerprint density at radius 2 is 1.95 bits per heavy atom. The summed E-state index contributed by atoms with van der Waals surface area (Å²) in [5, 5.41) is 6.74. The van der Waals surface area contributed by atoms with Gasteiger partial charge < -0.3 is 10.6 Å². The largest absolute Gasteiger partial charge is 0.370 e. The summed E-state index contributed by atoms with van der Waals surface area (Å²) in [6.45, 7) is 3.06. The fraction of sp³-hybridized carbons (Fsp3) is 0.294. The molecule has 0 spiro atoms. The van der Waals surface area contributed by atoms with Crippen LogP contribution >= 0.6 is 11.6 Å². The molecule has 2 N–H and O–H groups in total. The SMILES string of the molecule is CCCCNc1ccc(NC(=O)Cc2ccc(Cl)cc2)cn1. The van der Waals surface area contributed by atoms with Crippen LogP contribution in [0.4, 0.5) is 11.5 Å². The predicted molar refractivity (Wildman–Crippen MR) is 91.4 cm³/mol. The second kappa shape index (κ2) is 8.39. The maximum Gasteiger partial charge on any atom is 0.228 e. The highest BCUT2D eigenvalue weighted by Crippen LogP contribution is 2.12. The number of nitrogens with zero attached hydrogens (tertiary/aromatic N) is 1. The van der Waals surface area contributed by atoms with Gasteiger partial charge in [-0.25, -0.2) is 4.98 Å². The van der Waals surface area contributed by atoms with Crippen LogP contribution in [-0.2, 0) is 11.2 Å². The lowest BCUT2D eigenvalue weighted by Crippen LogP contribution is -2.14. The van der Waals surface area contributed by atoms with Gasteiger partial charge >= 0.3 is 0 Å². The van der Waals surface area contributed by atoms with E-state index in [1.54, 1.807) is 18.3 Å². The first-order valence-electron chi connectivity index (χ1n) is 7.41. The number of benzene rings is 1. The number of carbonyl (C=O) groups excluding carboxylic acids is 1. The Hall–Kier alpha value is -2.07. The number of hydrogen-bond donors (Lipinski definition) is 2. The average Bonchev–Trinajstić information content (AvgIpc) is 2.51.